The van der Waals surface area contributed by atoms with Crippen LogP contribution in [0.5, 0.6) is 0 Å². The number of nitrogens with one attached hydrogen (secondary N) is 1. The van der Waals surface area contributed by atoms with E-state index in [0.29, 0.717) is 5.92 Å². The number of hydrogen-bond donors (Lipinski definition) is 1. The van der Waals surface area contributed by atoms with E-state index >= 15 is 0 Å². The Kier molecular flexibility index (Phi) is 2.92. The summed E-state index contributed by atoms with van der Waals surface area (Å²) in [5.41, 5.74) is 3.59. The highest BCUT2D eigenvalue weighted by Crippen LogP contribution is 2.29. The number of benzene rings is 1. The predicted octanol–water partition coefficient (Wildman–Crippen LogP) is 4.48. The van der Waals surface area contributed by atoms with E-state index in [9.17, 15) is 0 Å². The van der Waals surface area contributed by atoms with Crippen LogP contribution in [0.2, 0.25) is 0 Å². The normalized spacial score (nSPS) is 12.8. The van der Waals surface area contributed by atoms with Gasteiger partial charge in [0.15, 0.2) is 0 Å². The van der Waals surface area contributed by atoms with Crippen molar-refractivity contribution in [3.05, 3.63) is 64.5 Å². The highest BCUT2D eigenvalue weighted by Gasteiger charge is 2.12. The first-order valence-electron chi connectivity index (χ1n) is 5.93. The number of fused-ring (bicyclic) bond motifs is 1. The third-order valence-electron chi connectivity index (χ3n) is 3.28. The molecule has 0 unspecified atom stereocenters. The van der Waals surface area contributed by atoms with Crippen molar-refractivity contribution < 1.29 is 0 Å². The number of pyridine rings is 1. The second kappa shape index (κ2) is 4.58. The minimum Gasteiger partial charge on any atom is -0.357 e. The zero-order valence-corrected chi connectivity index (χ0v) is 11.6. The third-order valence-corrected chi connectivity index (χ3v) is 3.94. The van der Waals surface area contributed by atoms with Crippen LogP contribution in [0.15, 0.2) is 53.3 Å². The summed E-state index contributed by atoms with van der Waals surface area (Å²) in [5, 5.41) is 1.23. The number of halogens is 1. The molecule has 0 aliphatic carbocycles. The molecule has 3 heteroatoms. The van der Waals surface area contributed by atoms with Gasteiger partial charge >= 0.3 is 0 Å². The Morgan fingerprint density at radius 3 is 2.83 bits per heavy atom. The number of H-pyrrole nitrogens is 1. The average Bonchev–Trinajstić information content (AvgIpc) is 2.84. The summed E-state index contributed by atoms with van der Waals surface area (Å²) in [7, 11) is 0. The fraction of sp³-hybridized carbons (Fsp3) is 0.133. The first-order chi connectivity index (χ1) is 8.75. The van der Waals surface area contributed by atoms with E-state index in [2.05, 4.69) is 63.2 Å². The second-order valence-electron chi connectivity index (χ2n) is 4.44. The van der Waals surface area contributed by atoms with Crippen LogP contribution in [0.4, 0.5) is 0 Å². The Morgan fingerprint density at radius 2 is 2.11 bits per heavy atom. The molecule has 0 amide bonds. The number of rotatable bonds is 2. The molecule has 0 fully saturated rings. The van der Waals surface area contributed by atoms with Gasteiger partial charge in [-0.1, -0.05) is 25.1 Å². The molecule has 90 valence electrons. The van der Waals surface area contributed by atoms with Crippen LogP contribution in [-0.4, -0.2) is 9.97 Å². The Morgan fingerprint density at radius 1 is 1.22 bits per heavy atom. The van der Waals surface area contributed by atoms with Gasteiger partial charge in [-0.15, -0.1) is 0 Å². The molecular weight excluding hydrogens is 288 g/mol. The van der Waals surface area contributed by atoms with Crippen molar-refractivity contribution >= 4 is 26.8 Å². The summed E-state index contributed by atoms with van der Waals surface area (Å²) < 4.78 is 1.10. The zero-order valence-electron chi connectivity index (χ0n) is 10.0. The number of hydrogen-bond acceptors (Lipinski definition) is 1. The van der Waals surface area contributed by atoms with Gasteiger partial charge in [-0.25, -0.2) is 0 Å². The van der Waals surface area contributed by atoms with Crippen molar-refractivity contribution in [3.63, 3.8) is 0 Å². The van der Waals surface area contributed by atoms with Gasteiger partial charge in [0.1, 0.15) is 0 Å². The fourth-order valence-corrected chi connectivity index (χ4v) is 2.67. The first kappa shape index (κ1) is 11.5. The van der Waals surface area contributed by atoms with E-state index in [-0.39, 0.29) is 0 Å². The molecule has 0 radical (unpaired) electrons. The van der Waals surface area contributed by atoms with Gasteiger partial charge < -0.3 is 4.98 Å². The van der Waals surface area contributed by atoms with Crippen LogP contribution in [0, 0.1) is 0 Å². The summed E-state index contributed by atoms with van der Waals surface area (Å²) in [6.45, 7) is 2.19. The number of para-hydroxylation sites is 1. The SMILES string of the molecule is C[C@H](c1cccnc1)c1cc2cccc(Br)c2[nH]1. The smallest absolute Gasteiger partial charge is 0.0600 e. The Labute approximate surface area is 114 Å². The lowest BCUT2D eigenvalue weighted by Crippen LogP contribution is -1.96. The van der Waals surface area contributed by atoms with Gasteiger partial charge in [-0.2, -0.15) is 0 Å². The van der Waals surface area contributed by atoms with E-state index in [1.165, 1.54) is 16.6 Å². The minimum absolute atomic E-state index is 0.318. The van der Waals surface area contributed by atoms with E-state index in [0.717, 1.165) is 9.99 Å². The van der Waals surface area contributed by atoms with Crippen molar-refractivity contribution in [2.75, 3.05) is 0 Å². The Hall–Kier alpha value is -1.61. The maximum atomic E-state index is 4.18. The van der Waals surface area contributed by atoms with Gasteiger partial charge in [0, 0.05) is 33.9 Å². The molecule has 18 heavy (non-hydrogen) atoms. The molecule has 0 saturated heterocycles. The van der Waals surface area contributed by atoms with Crippen molar-refractivity contribution in [1.82, 2.24) is 9.97 Å². The van der Waals surface area contributed by atoms with Gasteiger partial charge in [0.25, 0.3) is 0 Å². The predicted molar refractivity (Wildman–Crippen MR) is 77.8 cm³/mol. The van der Waals surface area contributed by atoms with Crippen molar-refractivity contribution in [1.29, 1.82) is 0 Å². The van der Waals surface area contributed by atoms with Gasteiger partial charge in [-0.3, -0.25) is 4.98 Å². The summed E-state index contributed by atoms with van der Waals surface area (Å²) in [4.78, 5) is 7.67. The van der Waals surface area contributed by atoms with Crippen molar-refractivity contribution in [2.45, 2.75) is 12.8 Å². The number of aromatic nitrogens is 2. The fourth-order valence-electron chi connectivity index (χ4n) is 2.19. The Balaban J connectivity index is 2.07. The molecular formula is C15H13BrN2. The van der Waals surface area contributed by atoms with Gasteiger partial charge in [0.05, 0.1) is 5.52 Å². The van der Waals surface area contributed by atoms with Crippen LogP contribution in [0.1, 0.15) is 24.1 Å². The lowest BCUT2D eigenvalue weighted by molar-refractivity contribution is 0.879. The summed E-state index contributed by atoms with van der Waals surface area (Å²) in [6, 6.07) is 12.5. The molecule has 2 heterocycles. The Bertz CT molecular complexity index is 673. The topological polar surface area (TPSA) is 28.7 Å². The lowest BCUT2D eigenvalue weighted by Gasteiger charge is -2.08. The number of aromatic amines is 1. The highest BCUT2D eigenvalue weighted by atomic mass is 79.9. The monoisotopic (exact) mass is 300 g/mol. The maximum Gasteiger partial charge on any atom is 0.0600 e. The highest BCUT2D eigenvalue weighted by molar-refractivity contribution is 9.10. The second-order valence-corrected chi connectivity index (χ2v) is 5.29. The molecule has 1 N–H and O–H groups in total. The van der Waals surface area contributed by atoms with Crippen LogP contribution in [0.3, 0.4) is 0 Å². The van der Waals surface area contributed by atoms with Crippen molar-refractivity contribution in [3.8, 4) is 0 Å². The molecule has 1 aromatic carbocycles. The summed E-state index contributed by atoms with van der Waals surface area (Å²) in [5.74, 6) is 0.318. The maximum absolute atomic E-state index is 4.18. The van der Waals surface area contributed by atoms with Crippen LogP contribution < -0.4 is 0 Å². The average molecular weight is 301 g/mol. The molecule has 2 nitrogen and oxygen atoms in total. The molecule has 2 aromatic heterocycles. The molecule has 0 bridgehead atoms. The van der Waals surface area contributed by atoms with Crippen molar-refractivity contribution in [2.24, 2.45) is 0 Å². The zero-order chi connectivity index (χ0) is 12.5. The molecule has 0 aliphatic heterocycles. The summed E-state index contributed by atoms with van der Waals surface area (Å²) >= 11 is 3.57. The molecule has 0 spiro atoms. The van der Waals surface area contributed by atoms with Gasteiger partial charge in [-0.05, 0) is 39.7 Å². The minimum atomic E-state index is 0.318. The van der Waals surface area contributed by atoms with Crippen LogP contribution >= 0.6 is 15.9 Å². The largest absolute Gasteiger partial charge is 0.357 e. The van der Waals surface area contributed by atoms with Crippen LogP contribution in [0.25, 0.3) is 10.9 Å². The van der Waals surface area contributed by atoms with E-state index in [1.807, 2.05) is 12.3 Å². The molecule has 1 atom stereocenters. The molecule has 3 rings (SSSR count). The molecule has 0 saturated carbocycles. The molecule has 0 aliphatic rings. The third kappa shape index (κ3) is 1.95. The van der Waals surface area contributed by atoms with E-state index in [1.54, 1.807) is 6.20 Å². The quantitative estimate of drug-likeness (QED) is 0.743. The van der Waals surface area contributed by atoms with Crippen LogP contribution in [-0.2, 0) is 0 Å². The van der Waals surface area contributed by atoms with Gasteiger partial charge in [0.2, 0.25) is 0 Å². The molecule has 3 aromatic rings. The first-order valence-corrected chi connectivity index (χ1v) is 6.72. The number of nitrogens with zero attached hydrogens (tertiary/aromatic N) is 1. The van der Waals surface area contributed by atoms with E-state index in [4.69, 9.17) is 0 Å². The van der Waals surface area contributed by atoms with E-state index < -0.39 is 0 Å². The summed E-state index contributed by atoms with van der Waals surface area (Å²) in [6.07, 6.45) is 3.73. The lowest BCUT2D eigenvalue weighted by atomic mass is 10.00. The standard InChI is InChI=1S/C15H13BrN2/c1-10(12-5-3-7-17-9-12)14-8-11-4-2-6-13(16)15(11)18-14/h2-10,18H,1H3/t10-/m1/s1.